The molecule has 0 radical (unpaired) electrons. The summed E-state index contributed by atoms with van der Waals surface area (Å²) in [4.78, 5) is 69.3. The van der Waals surface area contributed by atoms with Crippen molar-refractivity contribution in [3.8, 4) is 11.5 Å². The fourth-order valence-electron chi connectivity index (χ4n) is 3.79. The van der Waals surface area contributed by atoms with Crippen LogP contribution in [0.1, 0.15) is 39.8 Å². The van der Waals surface area contributed by atoms with Gasteiger partial charge in [0.2, 0.25) is 17.5 Å². The van der Waals surface area contributed by atoms with Gasteiger partial charge in [0, 0.05) is 18.1 Å². The number of aromatic amines is 1. The standard InChI is InChI=1S/C25H30N10O8/c1-13(2)8-16(25(38)39)30-19(36)11-33-12-27-21(23(33)31-24(37)14(3)4)22-26-9-15(29-22)10-28-32-20-17(34(40)41)6-5-7-18(20)35(42)43/h5-7,9-10,12-14,16,32H,8,11H2,1-4H3,(H,26,29)(H,30,36)(H,31,37)(H,38,39)/b28-10+/t16-/m0/s1. The van der Waals surface area contributed by atoms with E-state index in [-0.39, 0.29) is 47.8 Å². The summed E-state index contributed by atoms with van der Waals surface area (Å²) in [6.07, 6.45) is 4.02. The van der Waals surface area contributed by atoms with Crippen LogP contribution in [0.15, 0.2) is 35.8 Å². The zero-order valence-electron chi connectivity index (χ0n) is 23.6. The highest BCUT2D eigenvalue weighted by Crippen LogP contribution is 2.33. The number of H-pyrrole nitrogens is 1. The monoisotopic (exact) mass is 598 g/mol. The second-order valence-electron chi connectivity index (χ2n) is 10.0. The Balaban J connectivity index is 1.86. The van der Waals surface area contributed by atoms with E-state index in [0.717, 1.165) is 12.1 Å². The van der Waals surface area contributed by atoms with Crippen LogP contribution < -0.4 is 16.1 Å². The first-order valence-electron chi connectivity index (χ1n) is 12.9. The number of rotatable bonds is 14. The number of aliphatic carboxylic acids is 1. The largest absolute Gasteiger partial charge is 0.480 e. The van der Waals surface area contributed by atoms with Crippen LogP contribution in [0.3, 0.4) is 0 Å². The van der Waals surface area contributed by atoms with Gasteiger partial charge in [-0.1, -0.05) is 27.7 Å². The van der Waals surface area contributed by atoms with Crippen LogP contribution in [0.25, 0.3) is 11.5 Å². The lowest BCUT2D eigenvalue weighted by Crippen LogP contribution is -2.43. The van der Waals surface area contributed by atoms with Crippen molar-refractivity contribution in [3.05, 3.63) is 56.6 Å². The molecule has 0 aliphatic heterocycles. The average molecular weight is 599 g/mol. The molecule has 3 aromatic rings. The molecule has 1 atom stereocenters. The fourth-order valence-corrected chi connectivity index (χ4v) is 3.79. The summed E-state index contributed by atoms with van der Waals surface area (Å²) in [6, 6.07) is 2.27. The van der Waals surface area contributed by atoms with Gasteiger partial charge in [0.1, 0.15) is 24.1 Å². The van der Waals surface area contributed by atoms with Crippen LogP contribution in [0.2, 0.25) is 0 Å². The number of nitro groups is 2. The number of benzene rings is 1. The molecule has 228 valence electrons. The Morgan fingerprint density at radius 1 is 1.12 bits per heavy atom. The third kappa shape index (κ3) is 8.18. The number of carboxylic acid groups (broad SMARTS) is 1. The molecule has 2 amide bonds. The summed E-state index contributed by atoms with van der Waals surface area (Å²) < 4.78 is 1.34. The van der Waals surface area contributed by atoms with E-state index in [9.17, 15) is 39.7 Å². The van der Waals surface area contributed by atoms with Crippen LogP contribution in [-0.4, -0.2) is 64.5 Å². The van der Waals surface area contributed by atoms with Gasteiger partial charge in [-0.15, -0.1) is 0 Å². The molecule has 18 nitrogen and oxygen atoms in total. The summed E-state index contributed by atoms with van der Waals surface area (Å²) >= 11 is 0. The number of amides is 2. The first-order valence-corrected chi connectivity index (χ1v) is 12.9. The lowest BCUT2D eigenvalue weighted by atomic mass is 10.0. The van der Waals surface area contributed by atoms with Gasteiger partial charge >= 0.3 is 17.3 Å². The number of nitrogens with zero attached hydrogens (tertiary/aromatic N) is 6. The highest BCUT2D eigenvalue weighted by Gasteiger charge is 2.26. The molecule has 3 rings (SSSR count). The van der Waals surface area contributed by atoms with E-state index in [2.05, 4.69) is 36.1 Å². The smallest absolute Gasteiger partial charge is 0.326 e. The van der Waals surface area contributed by atoms with Crippen molar-refractivity contribution >= 4 is 46.9 Å². The van der Waals surface area contributed by atoms with Gasteiger partial charge < -0.3 is 25.3 Å². The third-order valence-electron chi connectivity index (χ3n) is 5.87. The number of hydrogen-bond donors (Lipinski definition) is 5. The normalized spacial score (nSPS) is 12.0. The maximum atomic E-state index is 12.7. The van der Waals surface area contributed by atoms with E-state index in [0.29, 0.717) is 0 Å². The van der Waals surface area contributed by atoms with Crippen molar-refractivity contribution in [2.45, 2.75) is 46.7 Å². The van der Waals surface area contributed by atoms with Crippen LogP contribution in [0.4, 0.5) is 22.9 Å². The number of carbonyl (C=O) groups excluding carboxylic acids is 2. The van der Waals surface area contributed by atoms with Gasteiger partial charge in [0.05, 0.1) is 34.3 Å². The first-order chi connectivity index (χ1) is 20.3. The highest BCUT2D eigenvalue weighted by atomic mass is 16.6. The minimum atomic E-state index is -1.17. The molecule has 2 aromatic heterocycles. The van der Waals surface area contributed by atoms with E-state index in [1.807, 2.05) is 13.8 Å². The number of para-hydroxylation sites is 1. The average Bonchev–Trinajstić information content (AvgIpc) is 3.54. The van der Waals surface area contributed by atoms with Gasteiger partial charge in [-0.05, 0) is 18.4 Å². The van der Waals surface area contributed by atoms with Crippen LogP contribution in [0, 0.1) is 32.1 Å². The molecule has 0 bridgehead atoms. The second kappa shape index (κ2) is 13.8. The van der Waals surface area contributed by atoms with E-state index in [1.54, 1.807) is 13.8 Å². The Kier molecular flexibility index (Phi) is 10.2. The van der Waals surface area contributed by atoms with Crippen LogP contribution >= 0.6 is 0 Å². The molecule has 0 aliphatic rings. The minimum Gasteiger partial charge on any atom is -0.480 e. The van der Waals surface area contributed by atoms with Crippen molar-refractivity contribution < 1.29 is 29.3 Å². The quantitative estimate of drug-likeness (QED) is 0.102. The SMILES string of the molecule is CC(C)C[C@H](NC(=O)Cn1cnc(-c2ncc(/C=N/Nc3c([N+](=O)[O-])cccc3[N+](=O)[O-])[nH]2)c1NC(=O)C(C)C)C(=O)O. The highest BCUT2D eigenvalue weighted by molar-refractivity contribution is 5.95. The molecular formula is C25H30N10O8. The topological polar surface area (TPSA) is 253 Å². The predicted octanol–water partition coefficient (Wildman–Crippen LogP) is 2.75. The molecule has 0 spiro atoms. The molecule has 0 saturated carbocycles. The molecule has 0 aliphatic carbocycles. The molecule has 1 aromatic carbocycles. The zero-order valence-corrected chi connectivity index (χ0v) is 23.6. The van der Waals surface area contributed by atoms with Gasteiger partial charge in [0.25, 0.3) is 0 Å². The molecule has 0 unspecified atom stereocenters. The first kappa shape index (κ1) is 31.8. The lowest BCUT2D eigenvalue weighted by molar-refractivity contribution is -0.392. The number of anilines is 2. The second-order valence-corrected chi connectivity index (χ2v) is 10.0. The molecule has 0 fully saturated rings. The zero-order chi connectivity index (χ0) is 31.8. The van der Waals surface area contributed by atoms with Crippen molar-refractivity contribution in [2.24, 2.45) is 16.9 Å². The number of carbonyl (C=O) groups is 3. The number of aromatic nitrogens is 4. The van der Waals surface area contributed by atoms with Crippen LogP contribution in [0.5, 0.6) is 0 Å². The maximum Gasteiger partial charge on any atom is 0.326 e. The van der Waals surface area contributed by atoms with Crippen molar-refractivity contribution in [2.75, 3.05) is 10.7 Å². The maximum absolute atomic E-state index is 12.7. The Labute approximate surface area is 243 Å². The van der Waals surface area contributed by atoms with Crippen molar-refractivity contribution in [1.82, 2.24) is 24.8 Å². The van der Waals surface area contributed by atoms with E-state index < -0.39 is 50.7 Å². The molecule has 0 saturated heterocycles. The predicted molar refractivity (Wildman–Crippen MR) is 153 cm³/mol. The van der Waals surface area contributed by atoms with Gasteiger partial charge in [-0.3, -0.25) is 35.2 Å². The molecule has 18 heteroatoms. The Hall–Kier alpha value is -5.68. The van der Waals surface area contributed by atoms with Crippen molar-refractivity contribution in [3.63, 3.8) is 0 Å². The van der Waals surface area contributed by atoms with Gasteiger partial charge in [0.15, 0.2) is 5.82 Å². The molecule has 2 heterocycles. The number of carboxylic acids is 1. The van der Waals surface area contributed by atoms with Gasteiger partial charge in [-0.25, -0.2) is 14.8 Å². The Morgan fingerprint density at radius 3 is 2.33 bits per heavy atom. The number of hydrazone groups is 1. The molecule has 5 N–H and O–H groups in total. The summed E-state index contributed by atoms with van der Waals surface area (Å²) in [6.45, 7) is 6.65. The third-order valence-corrected chi connectivity index (χ3v) is 5.87. The van der Waals surface area contributed by atoms with Crippen molar-refractivity contribution in [1.29, 1.82) is 0 Å². The number of nitrogens with one attached hydrogen (secondary N) is 4. The summed E-state index contributed by atoms with van der Waals surface area (Å²) in [5.74, 6) is -2.29. The number of nitro benzene ring substituents is 2. The number of imidazole rings is 2. The summed E-state index contributed by atoms with van der Waals surface area (Å²) in [7, 11) is 0. The van der Waals surface area contributed by atoms with E-state index in [1.165, 1.54) is 29.4 Å². The fraction of sp³-hybridized carbons (Fsp3) is 0.360. The minimum absolute atomic E-state index is 0.0203. The van der Waals surface area contributed by atoms with E-state index in [4.69, 9.17) is 0 Å². The van der Waals surface area contributed by atoms with E-state index >= 15 is 0 Å². The molecular weight excluding hydrogens is 568 g/mol. The Morgan fingerprint density at radius 2 is 1.77 bits per heavy atom. The summed E-state index contributed by atoms with van der Waals surface area (Å²) in [5.41, 5.74) is 1.24. The molecule has 43 heavy (non-hydrogen) atoms. The number of hydrogen-bond acceptors (Lipinski definition) is 11. The summed E-state index contributed by atoms with van der Waals surface area (Å²) in [5, 5.41) is 41.1. The Bertz CT molecular complexity index is 1530. The van der Waals surface area contributed by atoms with Crippen LogP contribution in [-0.2, 0) is 20.9 Å². The van der Waals surface area contributed by atoms with Gasteiger partial charge in [-0.2, -0.15) is 5.10 Å². The lowest BCUT2D eigenvalue weighted by Gasteiger charge is -2.17.